The van der Waals surface area contributed by atoms with E-state index in [1.165, 1.54) is 5.56 Å². The summed E-state index contributed by atoms with van der Waals surface area (Å²) >= 11 is 3.60. The quantitative estimate of drug-likeness (QED) is 0.900. The standard InChI is InChI=1S/C16H24BrNO2/c1-15(2)9-14(16(3,4)20-15)19-13-7-6-11(10-18-5)8-12(13)17/h6-8,14,18H,9-10H2,1-5H3. The van der Waals surface area contributed by atoms with Crippen LogP contribution >= 0.6 is 15.9 Å². The maximum atomic E-state index is 6.20. The topological polar surface area (TPSA) is 30.5 Å². The lowest BCUT2D eigenvalue weighted by Crippen LogP contribution is -2.36. The fourth-order valence-electron chi connectivity index (χ4n) is 2.80. The summed E-state index contributed by atoms with van der Waals surface area (Å²) in [6.07, 6.45) is 0.953. The summed E-state index contributed by atoms with van der Waals surface area (Å²) in [5.74, 6) is 0.879. The van der Waals surface area contributed by atoms with Crippen molar-refractivity contribution >= 4 is 15.9 Å². The van der Waals surface area contributed by atoms with Gasteiger partial charge < -0.3 is 14.8 Å². The highest BCUT2D eigenvalue weighted by Gasteiger charge is 2.47. The van der Waals surface area contributed by atoms with Crippen LogP contribution in [-0.2, 0) is 11.3 Å². The summed E-state index contributed by atoms with van der Waals surface area (Å²) in [6.45, 7) is 9.27. The minimum Gasteiger partial charge on any atom is -0.486 e. The summed E-state index contributed by atoms with van der Waals surface area (Å²) in [4.78, 5) is 0. The molecule has 1 heterocycles. The zero-order chi connectivity index (χ0) is 15.0. The fraction of sp³-hybridized carbons (Fsp3) is 0.625. The summed E-state index contributed by atoms with van der Waals surface area (Å²) in [5.41, 5.74) is 0.827. The maximum Gasteiger partial charge on any atom is 0.134 e. The molecule has 2 rings (SSSR count). The smallest absolute Gasteiger partial charge is 0.134 e. The van der Waals surface area contributed by atoms with Gasteiger partial charge in [-0.1, -0.05) is 6.07 Å². The summed E-state index contributed by atoms with van der Waals surface area (Å²) in [5, 5.41) is 3.15. The van der Waals surface area contributed by atoms with Crippen molar-refractivity contribution in [2.24, 2.45) is 0 Å². The van der Waals surface area contributed by atoms with Crippen LogP contribution in [0.3, 0.4) is 0 Å². The molecule has 0 aliphatic carbocycles. The number of halogens is 1. The number of hydrogen-bond acceptors (Lipinski definition) is 3. The van der Waals surface area contributed by atoms with Crippen molar-refractivity contribution in [3.8, 4) is 5.75 Å². The molecule has 0 amide bonds. The number of benzene rings is 1. The molecule has 1 unspecified atom stereocenters. The van der Waals surface area contributed by atoms with Crippen LogP contribution in [0.4, 0.5) is 0 Å². The molecule has 112 valence electrons. The molecule has 1 atom stereocenters. The van der Waals surface area contributed by atoms with Crippen LogP contribution in [0.25, 0.3) is 0 Å². The molecule has 0 aromatic heterocycles. The van der Waals surface area contributed by atoms with Crippen molar-refractivity contribution in [1.82, 2.24) is 5.32 Å². The van der Waals surface area contributed by atoms with Gasteiger partial charge in [-0.3, -0.25) is 0 Å². The SMILES string of the molecule is CNCc1ccc(OC2CC(C)(C)OC2(C)C)c(Br)c1. The Hall–Kier alpha value is -0.580. The largest absolute Gasteiger partial charge is 0.486 e. The molecule has 3 nitrogen and oxygen atoms in total. The number of ether oxygens (including phenoxy) is 2. The second-order valence-corrected chi connectivity index (χ2v) is 7.43. The Morgan fingerprint density at radius 1 is 1.35 bits per heavy atom. The molecule has 0 bridgehead atoms. The molecular weight excluding hydrogens is 318 g/mol. The Bertz CT molecular complexity index is 485. The van der Waals surface area contributed by atoms with Crippen LogP contribution in [0, 0.1) is 0 Å². The molecule has 1 saturated heterocycles. The minimum absolute atomic E-state index is 0.0592. The zero-order valence-electron chi connectivity index (χ0n) is 12.9. The zero-order valence-corrected chi connectivity index (χ0v) is 14.5. The van der Waals surface area contributed by atoms with Crippen molar-refractivity contribution in [3.05, 3.63) is 28.2 Å². The van der Waals surface area contributed by atoms with Crippen LogP contribution in [0.15, 0.2) is 22.7 Å². The molecule has 1 aliphatic rings. The second kappa shape index (κ2) is 5.66. The lowest BCUT2D eigenvalue weighted by atomic mass is 9.97. The third-order valence-electron chi connectivity index (χ3n) is 3.64. The van der Waals surface area contributed by atoms with Crippen molar-refractivity contribution < 1.29 is 9.47 Å². The lowest BCUT2D eigenvalue weighted by Gasteiger charge is -2.27. The third-order valence-corrected chi connectivity index (χ3v) is 4.26. The Morgan fingerprint density at radius 3 is 2.55 bits per heavy atom. The van der Waals surface area contributed by atoms with Gasteiger partial charge in [0.15, 0.2) is 0 Å². The Labute approximate surface area is 130 Å². The van der Waals surface area contributed by atoms with Gasteiger partial charge in [-0.05, 0) is 68.4 Å². The predicted octanol–water partition coefficient (Wildman–Crippen LogP) is 3.89. The summed E-state index contributed by atoms with van der Waals surface area (Å²) in [7, 11) is 1.94. The minimum atomic E-state index is -0.271. The van der Waals surface area contributed by atoms with Crippen molar-refractivity contribution in [2.75, 3.05) is 7.05 Å². The third kappa shape index (κ3) is 3.54. The molecule has 4 heteroatoms. The fourth-order valence-corrected chi connectivity index (χ4v) is 3.32. The van der Waals surface area contributed by atoms with Gasteiger partial charge in [-0.15, -0.1) is 0 Å². The molecule has 0 radical (unpaired) electrons. The van der Waals surface area contributed by atoms with E-state index in [2.05, 4.69) is 61.1 Å². The molecule has 1 fully saturated rings. The molecule has 1 aromatic carbocycles. The van der Waals surface area contributed by atoms with E-state index in [9.17, 15) is 0 Å². The van der Waals surface area contributed by atoms with Crippen LogP contribution in [0.5, 0.6) is 5.75 Å². The highest BCUT2D eigenvalue weighted by atomic mass is 79.9. The summed E-state index contributed by atoms with van der Waals surface area (Å²) < 4.78 is 13.3. The highest BCUT2D eigenvalue weighted by Crippen LogP contribution is 2.40. The van der Waals surface area contributed by atoms with E-state index in [4.69, 9.17) is 9.47 Å². The Kier molecular flexibility index (Phi) is 4.47. The maximum absolute atomic E-state index is 6.20. The Morgan fingerprint density at radius 2 is 2.05 bits per heavy atom. The Balaban J connectivity index is 2.14. The van der Waals surface area contributed by atoms with Crippen LogP contribution in [-0.4, -0.2) is 24.4 Å². The number of nitrogens with one attached hydrogen (secondary N) is 1. The van der Waals surface area contributed by atoms with E-state index in [0.717, 1.165) is 23.2 Å². The van der Waals surface area contributed by atoms with Crippen LogP contribution in [0.2, 0.25) is 0 Å². The van der Waals surface area contributed by atoms with Gasteiger partial charge in [0.2, 0.25) is 0 Å². The van der Waals surface area contributed by atoms with Gasteiger partial charge in [0.25, 0.3) is 0 Å². The van der Waals surface area contributed by atoms with Crippen molar-refractivity contribution in [2.45, 2.75) is 58.0 Å². The normalized spacial score (nSPS) is 23.8. The molecule has 20 heavy (non-hydrogen) atoms. The molecule has 1 N–H and O–H groups in total. The molecule has 0 saturated carbocycles. The van der Waals surface area contributed by atoms with E-state index in [1.54, 1.807) is 0 Å². The number of rotatable bonds is 4. The van der Waals surface area contributed by atoms with E-state index < -0.39 is 0 Å². The average Bonchev–Trinajstić information content (AvgIpc) is 2.51. The van der Waals surface area contributed by atoms with Gasteiger partial charge in [0.1, 0.15) is 17.5 Å². The molecule has 1 aliphatic heterocycles. The van der Waals surface area contributed by atoms with Crippen LogP contribution < -0.4 is 10.1 Å². The van der Waals surface area contributed by atoms with E-state index in [1.807, 2.05) is 13.1 Å². The molecule has 1 aromatic rings. The van der Waals surface area contributed by atoms with Gasteiger partial charge in [0.05, 0.1) is 10.1 Å². The first kappa shape index (κ1) is 15.8. The van der Waals surface area contributed by atoms with E-state index in [-0.39, 0.29) is 17.3 Å². The molecular formula is C16H24BrNO2. The van der Waals surface area contributed by atoms with E-state index in [0.29, 0.717) is 0 Å². The van der Waals surface area contributed by atoms with Crippen LogP contribution in [0.1, 0.15) is 39.7 Å². The first-order valence-corrected chi connectivity index (χ1v) is 7.83. The second-order valence-electron chi connectivity index (χ2n) is 6.57. The molecule has 0 spiro atoms. The highest BCUT2D eigenvalue weighted by molar-refractivity contribution is 9.10. The van der Waals surface area contributed by atoms with Gasteiger partial charge in [0, 0.05) is 13.0 Å². The predicted molar refractivity (Wildman–Crippen MR) is 85.2 cm³/mol. The van der Waals surface area contributed by atoms with Crippen molar-refractivity contribution in [1.29, 1.82) is 0 Å². The first-order valence-electron chi connectivity index (χ1n) is 7.03. The van der Waals surface area contributed by atoms with E-state index >= 15 is 0 Å². The monoisotopic (exact) mass is 341 g/mol. The van der Waals surface area contributed by atoms with Gasteiger partial charge in [-0.25, -0.2) is 0 Å². The lowest BCUT2D eigenvalue weighted by molar-refractivity contribution is -0.0846. The van der Waals surface area contributed by atoms with Gasteiger partial charge in [-0.2, -0.15) is 0 Å². The summed E-state index contributed by atoms with van der Waals surface area (Å²) in [6, 6.07) is 6.21. The average molecular weight is 342 g/mol. The number of hydrogen-bond donors (Lipinski definition) is 1. The van der Waals surface area contributed by atoms with Gasteiger partial charge >= 0.3 is 0 Å². The first-order chi connectivity index (χ1) is 9.23. The van der Waals surface area contributed by atoms with Crippen molar-refractivity contribution in [3.63, 3.8) is 0 Å².